The number of hydrogen-bond acceptors (Lipinski definition) is 4. The molecule has 2 heterocycles. The minimum atomic E-state index is 0.0281. The van der Waals surface area contributed by atoms with Crippen molar-refractivity contribution in [3.8, 4) is 5.88 Å². The second kappa shape index (κ2) is 9.76. The molecule has 1 aromatic heterocycles. The van der Waals surface area contributed by atoms with Crippen LogP contribution in [0.4, 0.5) is 4.79 Å². The van der Waals surface area contributed by atoms with E-state index in [1.807, 2.05) is 17.0 Å². The fourth-order valence-corrected chi connectivity index (χ4v) is 4.02. The number of amides is 2. The van der Waals surface area contributed by atoms with Gasteiger partial charge in [-0.05, 0) is 37.3 Å². The maximum atomic E-state index is 12.5. The highest BCUT2D eigenvalue weighted by molar-refractivity contribution is 5.74. The Kier molecular flexibility index (Phi) is 7.12. The van der Waals surface area contributed by atoms with Gasteiger partial charge in [-0.3, -0.25) is 0 Å². The number of carbonyl (C=O) groups is 1. The van der Waals surface area contributed by atoms with Crippen LogP contribution in [0.5, 0.6) is 5.88 Å². The van der Waals surface area contributed by atoms with E-state index < -0.39 is 0 Å². The predicted octanol–water partition coefficient (Wildman–Crippen LogP) is 2.89. The average Bonchev–Trinajstić information content (AvgIpc) is 2.93. The molecule has 1 aliphatic heterocycles. The summed E-state index contributed by atoms with van der Waals surface area (Å²) in [6.07, 6.45) is 9.78. The lowest BCUT2D eigenvalue weighted by Crippen LogP contribution is -2.42. The Balaban J connectivity index is 1.41. The Bertz CT molecular complexity index is 557. The number of ether oxygens (including phenoxy) is 1. The highest BCUT2D eigenvalue weighted by Gasteiger charge is 2.22. The van der Waals surface area contributed by atoms with E-state index in [1.54, 1.807) is 13.3 Å². The lowest BCUT2D eigenvalue weighted by molar-refractivity contribution is 0.189. The third kappa shape index (κ3) is 5.59. The summed E-state index contributed by atoms with van der Waals surface area (Å²) >= 11 is 0. The highest BCUT2D eigenvalue weighted by Crippen LogP contribution is 2.24. The molecule has 2 amide bonds. The van der Waals surface area contributed by atoms with Gasteiger partial charge in [0.25, 0.3) is 0 Å². The molecule has 0 atom stereocenters. The molecule has 26 heavy (non-hydrogen) atoms. The van der Waals surface area contributed by atoms with Crippen molar-refractivity contribution in [1.29, 1.82) is 0 Å². The van der Waals surface area contributed by atoms with Crippen LogP contribution in [-0.4, -0.2) is 60.6 Å². The van der Waals surface area contributed by atoms with Crippen LogP contribution in [0.1, 0.15) is 44.1 Å². The normalized spacial score (nSPS) is 19.8. The van der Waals surface area contributed by atoms with E-state index in [4.69, 9.17) is 4.74 Å². The topological polar surface area (TPSA) is 57.7 Å². The van der Waals surface area contributed by atoms with Crippen LogP contribution < -0.4 is 10.1 Å². The molecule has 0 unspecified atom stereocenters. The van der Waals surface area contributed by atoms with Gasteiger partial charge in [-0.25, -0.2) is 9.78 Å². The fourth-order valence-electron chi connectivity index (χ4n) is 4.02. The van der Waals surface area contributed by atoms with E-state index in [9.17, 15) is 4.79 Å². The molecule has 0 spiro atoms. The average molecular weight is 361 g/mol. The van der Waals surface area contributed by atoms with E-state index in [0.29, 0.717) is 12.4 Å². The summed E-state index contributed by atoms with van der Waals surface area (Å²) in [6, 6.07) is 3.78. The molecule has 1 saturated carbocycles. The molecule has 0 radical (unpaired) electrons. The number of urea groups is 1. The van der Waals surface area contributed by atoms with Gasteiger partial charge in [0.1, 0.15) is 0 Å². The number of rotatable bonds is 5. The molecule has 1 aliphatic carbocycles. The Hall–Kier alpha value is -1.82. The Morgan fingerprint density at radius 1 is 1.15 bits per heavy atom. The third-order valence-corrected chi connectivity index (χ3v) is 5.57. The van der Waals surface area contributed by atoms with Crippen molar-refractivity contribution in [3.05, 3.63) is 23.9 Å². The van der Waals surface area contributed by atoms with Crippen molar-refractivity contribution in [1.82, 2.24) is 20.1 Å². The molecule has 1 aromatic rings. The number of methoxy groups -OCH3 is 1. The first-order chi connectivity index (χ1) is 12.7. The fraction of sp³-hybridized carbons (Fsp3) is 0.700. The van der Waals surface area contributed by atoms with Crippen molar-refractivity contribution < 1.29 is 9.53 Å². The third-order valence-electron chi connectivity index (χ3n) is 5.57. The van der Waals surface area contributed by atoms with Crippen LogP contribution in [-0.2, 0) is 6.54 Å². The standard InChI is InChI=1S/C20H32N4O2/c1-26-19-9-8-18(14-21-19)15-22-20(25)24-11-5-10-23(12-13-24)16-17-6-3-2-4-7-17/h8-9,14,17H,2-7,10-13,15-16H2,1H3,(H,22,25). The van der Waals surface area contributed by atoms with Gasteiger partial charge in [-0.2, -0.15) is 0 Å². The molecule has 6 nitrogen and oxygen atoms in total. The summed E-state index contributed by atoms with van der Waals surface area (Å²) in [5.74, 6) is 1.46. The van der Waals surface area contributed by atoms with Crippen molar-refractivity contribution in [2.75, 3.05) is 39.8 Å². The molecule has 144 valence electrons. The van der Waals surface area contributed by atoms with Crippen molar-refractivity contribution in [2.45, 2.75) is 45.1 Å². The molecule has 6 heteroatoms. The zero-order valence-corrected chi connectivity index (χ0v) is 16.0. The van der Waals surface area contributed by atoms with Gasteiger partial charge in [0, 0.05) is 45.0 Å². The summed E-state index contributed by atoms with van der Waals surface area (Å²) in [5.41, 5.74) is 0.980. The molecular weight excluding hydrogens is 328 g/mol. The second-order valence-electron chi connectivity index (χ2n) is 7.51. The number of pyridine rings is 1. The van der Waals surface area contributed by atoms with E-state index in [1.165, 1.54) is 38.6 Å². The summed E-state index contributed by atoms with van der Waals surface area (Å²) < 4.78 is 5.06. The van der Waals surface area contributed by atoms with Crippen molar-refractivity contribution in [2.24, 2.45) is 5.92 Å². The summed E-state index contributed by atoms with van der Waals surface area (Å²) in [6.45, 7) is 5.48. The van der Waals surface area contributed by atoms with E-state index in [-0.39, 0.29) is 6.03 Å². The minimum Gasteiger partial charge on any atom is -0.481 e. The van der Waals surface area contributed by atoms with Crippen LogP contribution in [0.3, 0.4) is 0 Å². The Morgan fingerprint density at radius 3 is 2.73 bits per heavy atom. The molecule has 2 fully saturated rings. The van der Waals surface area contributed by atoms with Gasteiger partial charge in [0.05, 0.1) is 7.11 Å². The van der Waals surface area contributed by atoms with Gasteiger partial charge >= 0.3 is 6.03 Å². The zero-order valence-electron chi connectivity index (χ0n) is 16.0. The lowest BCUT2D eigenvalue weighted by atomic mass is 9.89. The highest BCUT2D eigenvalue weighted by atomic mass is 16.5. The van der Waals surface area contributed by atoms with Gasteiger partial charge in [0.2, 0.25) is 5.88 Å². The molecule has 3 rings (SSSR count). The molecule has 1 N–H and O–H groups in total. The number of hydrogen-bond donors (Lipinski definition) is 1. The largest absolute Gasteiger partial charge is 0.481 e. The summed E-state index contributed by atoms with van der Waals surface area (Å²) in [5, 5.41) is 3.02. The number of nitrogens with one attached hydrogen (secondary N) is 1. The minimum absolute atomic E-state index is 0.0281. The predicted molar refractivity (Wildman–Crippen MR) is 102 cm³/mol. The molecule has 0 bridgehead atoms. The maximum Gasteiger partial charge on any atom is 0.317 e. The van der Waals surface area contributed by atoms with Crippen LogP contribution in [0.15, 0.2) is 18.3 Å². The first-order valence-corrected chi connectivity index (χ1v) is 9.98. The number of carbonyl (C=O) groups excluding carboxylic acids is 1. The van der Waals surface area contributed by atoms with Gasteiger partial charge in [-0.15, -0.1) is 0 Å². The van der Waals surface area contributed by atoms with Gasteiger partial charge in [0.15, 0.2) is 0 Å². The van der Waals surface area contributed by atoms with E-state index >= 15 is 0 Å². The number of nitrogens with zero attached hydrogens (tertiary/aromatic N) is 3. The van der Waals surface area contributed by atoms with E-state index in [2.05, 4.69) is 15.2 Å². The maximum absolute atomic E-state index is 12.5. The SMILES string of the molecule is COc1ccc(CNC(=O)N2CCCN(CC3CCCCC3)CC2)cn1. The molecular formula is C20H32N4O2. The van der Waals surface area contributed by atoms with Crippen molar-refractivity contribution >= 4 is 6.03 Å². The Morgan fingerprint density at radius 2 is 2.00 bits per heavy atom. The zero-order chi connectivity index (χ0) is 18.2. The molecule has 2 aliphatic rings. The summed E-state index contributed by atoms with van der Waals surface area (Å²) in [4.78, 5) is 21.2. The van der Waals surface area contributed by atoms with Crippen LogP contribution >= 0.6 is 0 Å². The first kappa shape index (κ1) is 19.0. The quantitative estimate of drug-likeness (QED) is 0.877. The Labute approximate surface area is 156 Å². The monoisotopic (exact) mass is 360 g/mol. The van der Waals surface area contributed by atoms with Crippen LogP contribution in [0.25, 0.3) is 0 Å². The van der Waals surface area contributed by atoms with Crippen LogP contribution in [0.2, 0.25) is 0 Å². The van der Waals surface area contributed by atoms with Gasteiger partial charge < -0.3 is 19.9 Å². The number of aromatic nitrogens is 1. The summed E-state index contributed by atoms with van der Waals surface area (Å²) in [7, 11) is 1.60. The van der Waals surface area contributed by atoms with E-state index in [0.717, 1.165) is 44.1 Å². The second-order valence-corrected chi connectivity index (χ2v) is 7.51. The lowest BCUT2D eigenvalue weighted by Gasteiger charge is -2.28. The smallest absolute Gasteiger partial charge is 0.317 e. The van der Waals surface area contributed by atoms with Crippen LogP contribution in [0, 0.1) is 5.92 Å². The van der Waals surface area contributed by atoms with Gasteiger partial charge in [-0.1, -0.05) is 25.3 Å². The molecule has 0 aromatic carbocycles. The van der Waals surface area contributed by atoms with Crippen molar-refractivity contribution in [3.63, 3.8) is 0 Å². The molecule has 1 saturated heterocycles. The first-order valence-electron chi connectivity index (χ1n) is 9.98.